The Hall–Kier alpha value is -1.60. The lowest BCUT2D eigenvalue weighted by molar-refractivity contribution is 0.287. The van der Waals surface area contributed by atoms with Crippen molar-refractivity contribution in [1.29, 1.82) is 0 Å². The first-order valence-electron chi connectivity index (χ1n) is 5.07. The summed E-state index contributed by atoms with van der Waals surface area (Å²) in [6.45, 7) is 4.69. The van der Waals surface area contributed by atoms with Crippen LogP contribution in [-0.4, -0.2) is 47.6 Å². The van der Waals surface area contributed by atoms with Gasteiger partial charge in [0.15, 0.2) is 0 Å². The highest BCUT2D eigenvalue weighted by molar-refractivity contribution is 5.35. The van der Waals surface area contributed by atoms with Crippen molar-refractivity contribution < 1.29 is 0 Å². The quantitative estimate of drug-likeness (QED) is 0.643. The van der Waals surface area contributed by atoms with Crippen LogP contribution in [0.5, 0.6) is 0 Å². The van der Waals surface area contributed by atoms with Crippen LogP contribution in [0.4, 0.5) is 5.82 Å². The van der Waals surface area contributed by atoms with Crippen LogP contribution in [0.25, 0.3) is 0 Å². The first kappa shape index (κ1) is 9.94. The Balaban J connectivity index is 1.92. The van der Waals surface area contributed by atoms with E-state index in [0.29, 0.717) is 0 Å². The van der Waals surface area contributed by atoms with Crippen LogP contribution < -0.4 is 4.90 Å². The van der Waals surface area contributed by atoms with Crippen molar-refractivity contribution >= 4 is 5.82 Å². The monoisotopic (exact) mass is 202 g/mol. The molecule has 2 heterocycles. The van der Waals surface area contributed by atoms with Gasteiger partial charge in [0, 0.05) is 38.6 Å². The van der Waals surface area contributed by atoms with E-state index in [0.717, 1.165) is 38.5 Å². The molecule has 0 unspecified atom stereocenters. The summed E-state index contributed by atoms with van der Waals surface area (Å²) >= 11 is 0. The van der Waals surface area contributed by atoms with Gasteiger partial charge in [0.25, 0.3) is 0 Å². The summed E-state index contributed by atoms with van der Waals surface area (Å²) in [7, 11) is 0. The molecule has 78 valence electrons. The fraction of sp³-hybridized carbons (Fsp3) is 0.455. The zero-order valence-electron chi connectivity index (χ0n) is 8.63. The van der Waals surface area contributed by atoms with E-state index in [1.165, 1.54) is 0 Å². The lowest BCUT2D eigenvalue weighted by Crippen LogP contribution is -2.46. The van der Waals surface area contributed by atoms with Gasteiger partial charge in [-0.3, -0.25) is 9.88 Å². The van der Waals surface area contributed by atoms with Crippen molar-refractivity contribution in [3.05, 3.63) is 18.6 Å². The van der Waals surface area contributed by atoms with Crippen LogP contribution in [0, 0.1) is 12.3 Å². The third-order valence-electron chi connectivity index (χ3n) is 2.56. The predicted octanol–water partition coefficient (Wildman–Crippen LogP) is 0.232. The Bertz CT molecular complexity index is 335. The molecule has 1 saturated heterocycles. The van der Waals surface area contributed by atoms with Crippen LogP contribution >= 0.6 is 0 Å². The minimum absolute atomic E-state index is 0.744. The van der Waals surface area contributed by atoms with Crippen LogP contribution in [-0.2, 0) is 0 Å². The summed E-state index contributed by atoms with van der Waals surface area (Å²) in [5, 5.41) is 0. The summed E-state index contributed by atoms with van der Waals surface area (Å²) in [4.78, 5) is 12.8. The molecule has 0 atom stereocenters. The molecule has 1 aromatic rings. The highest BCUT2D eigenvalue weighted by Gasteiger charge is 2.16. The zero-order valence-corrected chi connectivity index (χ0v) is 8.63. The van der Waals surface area contributed by atoms with Gasteiger partial charge in [-0.2, -0.15) is 0 Å². The summed E-state index contributed by atoms with van der Waals surface area (Å²) in [6.07, 6.45) is 10.5. The van der Waals surface area contributed by atoms with Gasteiger partial charge < -0.3 is 4.90 Å². The first-order valence-corrected chi connectivity index (χ1v) is 5.07. The van der Waals surface area contributed by atoms with Gasteiger partial charge in [0.2, 0.25) is 0 Å². The maximum absolute atomic E-state index is 5.28. The van der Waals surface area contributed by atoms with Crippen molar-refractivity contribution in [2.75, 3.05) is 37.6 Å². The van der Waals surface area contributed by atoms with E-state index in [-0.39, 0.29) is 0 Å². The minimum Gasteiger partial charge on any atom is -0.353 e. The van der Waals surface area contributed by atoms with Crippen molar-refractivity contribution in [3.63, 3.8) is 0 Å². The lowest BCUT2D eigenvalue weighted by atomic mass is 10.3. The van der Waals surface area contributed by atoms with E-state index in [2.05, 4.69) is 25.7 Å². The average Bonchev–Trinajstić information content (AvgIpc) is 2.32. The van der Waals surface area contributed by atoms with Gasteiger partial charge >= 0.3 is 0 Å². The van der Waals surface area contributed by atoms with E-state index >= 15 is 0 Å². The Labute approximate surface area is 89.9 Å². The molecule has 1 aliphatic heterocycles. The third-order valence-corrected chi connectivity index (χ3v) is 2.56. The fourth-order valence-corrected chi connectivity index (χ4v) is 1.72. The molecule has 1 aliphatic rings. The van der Waals surface area contributed by atoms with Gasteiger partial charge in [0.05, 0.1) is 12.7 Å². The molecule has 0 spiro atoms. The second-order valence-electron chi connectivity index (χ2n) is 3.53. The fourth-order valence-electron chi connectivity index (χ4n) is 1.72. The smallest absolute Gasteiger partial charge is 0.147 e. The highest BCUT2D eigenvalue weighted by Crippen LogP contribution is 2.10. The molecule has 0 bridgehead atoms. The standard InChI is InChI=1S/C11H14N4/c1-2-5-14-6-8-15(9-7-14)11-10-12-3-4-13-11/h1,3-4,10H,5-9H2. The summed E-state index contributed by atoms with van der Waals surface area (Å²) in [5.41, 5.74) is 0. The van der Waals surface area contributed by atoms with E-state index in [1.54, 1.807) is 18.6 Å². The molecule has 1 aromatic heterocycles. The van der Waals surface area contributed by atoms with Gasteiger partial charge in [-0.15, -0.1) is 6.42 Å². The van der Waals surface area contributed by atoms with Crippen LogP contribution in [0.2, 0.25) is 0 Å². The molecule has 0 aliphatic carbocycles. The highest BCUT2D eigenvalue weighted by atomic mass is 15.3. The Morgan fingerprint density at radius 3 is 2.67 bits per heavy atom. The molecule has 4 nitrogen and oxygen atoms in total. The number of nitrogens with zero attached hydrogens (tertiary/aromatic N) is 4. The first-order chi connectivity index (χ1) is 7.40. The molecular weight excluding hydrogens is 188 g/mol. The maximum Gasteiger partial charge on any atom is 0.147 e. The second kappa shape index (κ2) is 4.76. The second-order valence-corrected chi connectivity index (χ2v) is 3.53. The predicted molar refractivity (Wildman–Crippen MR) is 59.5 cm³/mol. The molecule has 0 saturated carbocycles. The maximum atomic E-state index is 5.28. The number of piperazine rings is 1. The molecule has 0 N–H and O–H groups in total. The van der Waals surface area contributed by atoms with Crippen molar-refractivity contribution in [1.82, 2.24) is 14.9 Å². The number of hydrogen-bond acceptors (Lipinski definition) is 4. The Morgan fingerprint density at radius 2 is 2.07 bits per heavy atom. The molecule has 4 heteroatoms. The van der Waals surface area contributed by atoms with Gasteiger partial charge in [-0.1, -0.05) is 5.92 Å². The number of aromatic nitrogens is 2. The topological polar surface area (TPSA) is 32.3 Å². The van der Waals surface area contributed by atoms with Gasteiger partial charge in [-0.05, 0) is 0 Å². The van der Waals surface area contributed by atoms with Crippen LogP contribution in [0.15, 0.2) is 18.6 Å². The summed E-state index contributed by atoms with van der Waals surface area (Å²) < 4.78 is 0. The molecule has 0 amide bonds. The van der Waals surface area contributed by atoms with E-state index in [1.807, 2.05) is 0 Å². The average molecular weight is 202 g/mol. The number of hydrogen-bond donors (Lipinski definition) is 0. The minimum atomic E-state index is 0.744. The summed E-state index contributed by atoms with van der Waals surface area (Å²) in [6, 6.07) is 0. The van der Waals surface area contributed by atoms with Crippen LogP contribution in [0.3, 0.4) is 0 Å². The number of rotatable bonds is 2. The van der Waals surface area contributed by atoms with Gasteiger partial charge in [0.1, 0.15) is 5.82 Å². The number of terminal acetylenes is 1. The largest absolute Gasteiger partial charge is 0.353 e. The molecule has 2 rings (SSSR count). The molecular formula is C11H14N4. The Morgan fingerprint density at radius 1 is 1.27 bits per heavy atom. The zero-order chi connectivity index (χ0) is 10.5. The molecule has 15 heavy (non-hydrogen) atoms. The van der Waals surface area contributed by atoms with E-state index in [9.17, 15) is 0 Å². The SMILES string of the molecule is C#CCN1CCN(c2cnccn2)CC1. The van der Waals surface area contributed by atoms with E-state index in [4.69, 9.17) is 6.42 Å². The third kappa shape index (κ3) is 2.45. The van der Waals surface area contributed by atoms with E-state index < -0.39 is 0 Å². The molecule has 0 aromatic carbocycles. The van der Waals surface area contributed by atoms with Crippen molar-refractivity contribution in [3.8, 4) is 12.3 Å². The number of anilines is 1. The Kier molecular flexibility index (Phi) is 3.15. The van der Waals surface area contributed by atoms with Crippen molar-refractivity contribution in [2.45, 2.75) is 0 Å². The normalized spacial score (nSPS) is 17.4. The molecule has 1 fully saturated rings. The summed E-state index contributed by atoms with van der Waals surface area (Å²) in [5.74, 6) is 3.63. The molecule has 0 radical (unpaired) electrons. The lowest BCUT2D eigenvalue weighted by Gasteiger charge is -2.34. The van der Waals surface area contributed by atoms with Gasteiger partial charge in [-0.25, -0.2) is 4.98 Å². The van der Waals surface area contributed by atoms with Crippen LogP contribution in [0.1, 0.15) is 0 Å². The van der Waals surface area contributed by atoms with Crippen molar-refractivity contribution in [2.24, 2.45) is 0 Å².